The van der Waals surface area contributed by atoms with E-state index in [2.05, 4.69) is 4.72 Å². The van der Waals surface area contributed by atoms with Gasteiger partial charge >= 0.3 is 0 Å². The Bertz CT molecular complexity index is 1420. The molecule has 1 aromatic heterocycles. The highest BCUT2D eigenvalue weighted by atomic mass is 32.2. The van der Waals surface area contributed by atoms with Gasteiger partial charge in [-0.25, -0.2) is 16.8 Å². The molecular formula is C26H32N2O5S3. The molecule has 2 heterocycles. The lowest BCUT2D eigenvalue weighted by atomic mass is 9.66. The predicted octanol–water partition coefficient (Wildman–Crippen LogP) is 5.09. The highest BCUT2D eigenvalue weighted by Gasteiger charge is 2.53. The first kappa shape index (κ1) is 24.4. The smallest absolute Gasteiger partial charge is 0.259 e. The summed E-state index contributed by atoms with van der Waals surface area (Å²) < 4.78 is 52.8. The van der Waals surface area contributed by atoms with Crippen LogP contribution in [0.2, 0.25) is 0 Å². The Morgan fingerprint density at radius 2 is 1.67 bits per heavy atom. The van der Waals surface area contributed by atoms with Gasteiger partial charge in [0.2, 0.25) is 10.0 Å². The number of anilines is 2. The highest BCUT2D eigenvalue weighted by Crippen LogP contribution is 2.62. The summed E-state index contributed by atoms with van der Waals surface area (Å²) in [6.45, 7) is 0.542. The lowest BCUT2D eigenvalue weighted by Crippen LogP contribution is -2.39. The van der Waals surface area contributed by atoms with Crippen LogP contribution in [0.15, 0.2) is 33.9 Å². The molecule has 1 amide bonds. The molecule has 36 heavy (non-hydrogen) atoms. The molecule has 3 fully saturated rings. The van der Waals surface area contributed by atoms with Crippen LogP contribution in [0.3, 0.4) is 0 Å². The maximum atomic E-state index is 13.8. The Kier molecular flexibility index (Phi) is 5.63. The summed E-state index contributed by atoms with van der Waals surface area (Å²) in [5.41, 5.74) is 3.02. The number of sulfone groups is 1. The van der Waals surface area contributed by atoms with Gasteiger partial charge < -0.3 is 4.90 Å². The number of rotatable bonds is 5. The van der Waals surface area contributed by atoms with Crippen molar-refractivity contribution in [2.24, 2.45) is 5.41 Å². The van der Waals surface area contributed by atoms with Crippen molar-refractivity contribution in [3.63, 3.8) is 0 Å². The van der Waals surface area contributed by atoms with Crippen LogP contribution in [0.4, 0.5) is 11.4 Å². The molecule has 1 N–H and O–H groups in total. The molecule has 194 valence electrons. The third-order valence-electron chi connectivity index (χ3n) is 8.94. The monoisotopic (exact) mass is 548 g/mol. The van der Waals surface area contributed by atoms with E-state index in [1.807, 2.05) is 12.1 Å². The molecule has 3 saturated carbocycles. The zero-order chi connectivity index (χ0) is 25.3. The van der Waals surface area contributed by atoms with Gasteiger partial charge in [0.05, 0.1) is 17.1 Å². The topological polar surface area (TPSA) is 101 Å². The molecule has 4 aliphatic rings. The number of fused-ring (bicyclic) bond motifs is 2. The van der Waals surface area contributed by atoms with Crippen molar-refractivity contribution in [2.75, 3.05) is 22.4 Å². The van der Waals surface area contributed by atoms with Crippen LogP contribution in [0.5, 0.6) is 0 Å². The number of benzene rings is 1. The number of thiophene rings is 1. The van der Waals surface area contributed by atoms with Gasteiger partial charge in [-0.05, 0) is 86.6 Å². The van der Waals surface area contributed by atoms with E-state index >= 15 is 0 Å². The number of nitrogens with one attached hydrogen (secondary N) is 1. The van der Waals surface area contributed by atoms with Crippen molar-refractivity contribution < 1.29 is 21.6 Å². The van der Waals surface area contributed by atoms with Gasteiger partial charge in [-0.15, -0.1) is 11.3 Å². The van der Waals surface area contributed by atoms with Crippen LogP contribution in [0.1, 0.15) is 80.1 Å². The summed E-state index contributed by atoms with van der Waals surface area (Å²) >= 11 is 1.14. The van der Waals surface area contributed by atoms with Gasteiger partial charge in [-0.3, -0.25) is 9.52 Å². The number of carbonyl (C=O) groups is 1. The minimum atomic E-state index is -3.42. The predicted molar refractivity (Wildman–Crippen MR) is 142 cm³/mol. The van der Waals surface area contributed by atoms with Gasteiger partial charge in [0.15, 0.2) is 9.84 Å². The molecule has 3 aliphatic carbocycles. The molecule has 0 atom stereocenters. The second-order valence-corrected chi connectivity index (χ2v) is 16.5. The van der Waals surface area contributed by atoms with Crippen LogP contribution in [-0.2, 0) is 25.3 Å². The van der Waals surface area contributed by atoms with Crippen molar-refractivity contribution in [3.8, 4) is 0 Å². The van der Waals surface area contributed by atoms with Crippen molar-refractivity contribution >= 4 is 48.5 Å². The first-order valence-corrected chi connectivity index (χ1v) is 17.1. The fourth-order valence-electron chi connectivity index (χ4n) is 6.59. The van der Waals surface area contributed by atoms with Gasteiger partial charge in [0.25, 0.3) is 5.91 Å². The minimum absolute atomic E-state index is 0.187. The highest BCUT2D eigenvalue weighted by molar-refractivity contribution is 7.94. The van der Waals surface area contributed by atoms with E-state index in [0.29, 0.717) is 36.1 Å². The molecule has 0 radical (unpaired) electrons. The van der Waals surface area contributed by atoms with Gasteiger partial charge in [-0.2, -0.15) is 0 Å². The summed E-state index contributed by atoms with van der Waals surface area (Å²) in [5.74, 6) is -0.187. The Morgan fingerprint density at radius 1 is 1.00 bits per heavy atom. The molecule has 0 saturated heterocycles. The molecule has 0 bridgehead atoms. The Morgan fingerprint density at radius 3 is 2.31 bits per heavy atom. The van der Waals surface area contributed by atoms with Gasteiger partial charge in [-0.1, -0.05) is 12.8 Å². The third kappa shape index (κ3) is 4.19. The van der Waals surface area contributed by atoms with Crippen molar-refractivity contribution in [1.82, 2.24) is 0 Å². The molecule has 0 unspecified atom stereocenters. The first-order valence-electron chi connectivity index (χ1n) is 12.8. The SMILES string of the molecule is CS(=O)(=O)Nc1ccc2c(c1)C1(CCC3(CC3)CC1)CN2C(=O)c1csc(S(=O)(=O)C2CCCC2)c1. The molecule has 6 rings (SSSR count). The Labute approximate surface area is 217 Å². The second-order valence-electron chi connectivity index (χ2n) is 11.4. The molecule has 10 heteroatoms. The summed E-state index contributed by atoms with van der Waals surface area (Å²) in [5, 5.41) is 1.33. The van der Waals surface area contributed by atoms with Crippen LogP contribution in [0.25, 0.3) is 0 Å². The molecule has 7 nitrogen and oxygen atoms in total. The number of nitrogens with zero attached hydrogens (tertiary/aromatic N) is 1. The molecule has 1 aromatic carbocycles. The van der Waals surface area contributed by atoms with E-state index in [9.17, 15) is 21.6 Å². The average molecular weight is 549 g/mol. The van der Waals surface area contributed by atoms with Crippen molar-refractivity contribution in [2.45, 2.75) is 79.1 Å². The van der Waals surface area contributed by atoms with E-state index < -0.39 is 19.9 Å². The summed E-state index contributed by atoms with van der Waals surface area (Å²) in [7, 11) is -6.83. The maximum absolute atomic E-state index is 13.8. The van der Waals surface area contributed by atoms with Crippen LogP contribution >= 0.6 is 11.3 Å². The maximum Gasteiger partial charge on any atom is 0.259 e. The fraction of sp³-hybridized carbons (Fsp3) is 0.577. The molecular weight excluding hydrogens is 516 g/mol. The van der Waals surface area contributed by atoms with Crippen molar-refractivity contribution in [1.29, 1.82) is 0 Å². The van der Waals surface area contributed by atoms with E-state index in [0.717, 1.165) is 67.4 Å². The Hall–Kier alpha value is -1.91. The zero-order valence-corrected chi connectivity index (χ0v) is 22.9. The lowest BCUT2D eigenvalue weighted by Gasteiger charge is -2.38. The number of carbonyl (C=O) groups excluding carboxylic acids is 1. The van der Waals surface area contributed by atoms with E-state index in [1.54, 1.807) is 22.4 Å². The summed E-state index contributed by atoms with van der Waals surface area (Å²) in [4.78, 5) is 15.6. The van der Waals surface area contributed by atoms with Crippen LogP contribution < -0.4 is 9.62 Å². The first-order chi connectivity index (χ1) is 17.0. The molecule has 2 aromatic rings. The van der Waals surface area contributed by atoms with Crippen LogP contribution in [0, 0.1) is 5.41 Å². The van der Waals surface area contributed by atoms with Gasteiger partial charge in [0.1, 0.15) is 4.21 Å². The van der Waals surface area contributed by atoms with Crippen molar-refractivity contribution in [3.05, 3.63) is 40.8 Å². The molecule has 2 spiro atoms. The fourth-order valence-corrected chi connectivity index (χ4v) is 10.4. The zero-order valence-electron chi connectivity index (χ0n) is 20.5. The lowest BCUT2D eigenvalue weighted by molar-refractivity contribution is 0.0980. The van der Waals surface area contributed by atoms with E-state index in [4.69, 9.17) is 0 Å². The van der Waals surface area contributed by atoms with Gasteiger partial charge in [0, 0.05) is 28.7 Å². The largest absolute Gasteiger partial charge is 0.307 e. The number of hydrogen-bond donors (Lipinski definition) is 1. The second kappa shape index (κ2) is 8.30. The minimum Gasteiger partial charge on any atom is -0.307 e. The normalized spacial score (nSPS) is 22.8. The third-order valence-corrected chi connectivity index (χ3v) is 13.3. The van der Waals surface area contributed by atoms with Crippen LogP contribution in [-0.4, -0.2) is 40.8 Å². The standard InChI is InChI=1S/C26H32N2O5S3/c1-35(30,31)27-19-6-7-22-21(15-19)26(12-10-25(8-9-25)11-13-26)17-28(22)24(29)18-14-23(34-16-18)36(32,33)20-4-2-3-5-20/h6-7,14-16,20,27H,2-5,8-13,17H2,1H3. The quantitative estimate of drug-likeness (QED) is 0.561. The number of sulfonamides is 1. The summed E-state index contributed by atoms with van der Waals surface area (Å²) in [6.07, 6.45) is 11.1. The van der Waals surface area contributed by atoms with E-state index in [-0.39, 0.29) is 20.8 Å². The average Bonchev–Trinajstić information content (AvgIpc) is 3.25. The molecule has 1 aliphatic heterocycles. The summed E-state index contributed by atoms with van der Waals surface area (Å²) in [6, 6.07) is 7.00. The number of amides is 1. The Balaban J connectivity index is 1.33. The van der Waals surface area contributed by atoms with E-state index in [1.165, 1.54) is 12.8 Å². The number of hydrogen-bond acceptors (Lipinski definition) is 6.